The van der Waals surface area contributed by atoms with Crippen LogP contribution < -0.4 is 32.3 Å². The molecule has 0 aromatic heterocycles. The number of nitrogens with two attached hydrogens (primary N) is 1. The van der Waals surface area contributed by atoms with Gasteiger partial charge in [0.2, 0.25) is 0 Å². The number of likely N-dealkylation sites (N-methyl/N-ethyl adjacent to an activating group) is 1. The zero-order chi connectivity index (χ0) is 38.8. The Morgan fingerprint density at radius 2 is 1.85 bits per heavy atom. The minimum atomic E-state index is -1.88. The number of aliphatic imine (C=N–C) groups is 1. The van der Waals surface area contributed by atoms with Crippen molar-refractivity contribution in [2.24, 2.45) is 45.7 Å². The number of fused-ring (bicyclic) bond motifs is 3. The molecule has 55 heavy (non-hydrogen) atoms. The van der Waals surface area contributed by atoms with Crippen LogP contribution in [0.4, 0.5) is 0 Å². The van der Waals surface area contributed by atoms with Gasteiger partial charge < -0.3 is 36.5 Å². The van der Waals surface area contributed by atoms with Gasteiger partial charge in [-0.2, -0.15) is 0 Å². The van der Waals surface area contributed by atoms with Crippen molar-refractivity contribution < 1.29 is 23.9 Å². The molecule has 0 amide bonds. The van der Waals surface area contributed by atoms with Crippen molar-refractivity contribution in [2.45, 2.75) is 133 Å². The van der Waals surface area contributed by atoms with Crippen LogP contribution in [0.5, 0.6) is 0 Å². The van der Waals surface area contributed by atoms with Crippen LogP contribution in [0.15, 0.2) is 40.4 Å². The molecule has 0 aromatic rings. The van der Waals surface area contributed by atoms with E-state index in [0.29, 0.717) is 37.3 Å². The molecule has 0 bridgehead atoms. The van der Waals surface area contributed by atoms with Crippen molar-refractivity contribution in [1.82, 2.24) is 26.6 Å². The minimum absolute atomic E-state index is 0.0177. The van der Waals surface area contributed by atoms with Crippen molar-refractivity contribution in [2.75, 3.05) is 40.5 Å². The Morgan fingerprint density at radius 3 is 2.58 bits per heavy atom. The summed E-state index contributed by atoms with van der Waals surface area (Å²) in [5.74, 6) is -0.665. The predicted octanol–water partition coefficient (Wildman–Crippen LogP) is 3.78. The molecule has 2 heterocycles. The lowest BCUT2D eigenvalue weighted by Crippen LogP contribution is -2.59. The molecule has 304 valence electrons. The highest BCUT2D eigenvalue weighted by molar-refractivity contribution is 6.23. The van der Waals surface area contributed by atoms with E-state index < -0.39 is 29.0 Å². The average Bonchev–Trinajstić information content (AvgIpc) is 3.68. The topological polar surface area (TPSA) is 171 Å². The summed E-state index contributed by atoms with van der Waals surface area (Å²) in [4.78, 5) is 48.1. The van der Waals surface area contributed by atoms with Crippen LogP contribution in [0.25, 0.3) is 0 Å². The van der Waals surface area contributed by atoms with E-state index in [0.717, 1.165) is 89.3 Å². The number of Topliss-reactive ketones (excluding diaryl/α,β-unsaturated/α-hetero) is 2. The number of carbonyl (C=O) groups is 3. The summed E-state index contributed by atoms with van der Waals surface area (Å²) in [6.45, 7) is 6.83. The van der Waals surface area contributed by atoms with Crippen LogP contribution in [0.2, 0.25) is 0 Å². The second-order valence-corrected chi connectivity index (χ2v) is 17.6. The number of nitrogens with zero attached hydrogens (tertiary/aromatic N) is 1. The van der Waals surface area contributed by atoms with Gasteiger partial charge in [0.25, 0.3) is 5.60 Å². The highest BCUT2D eigenvalue weighted by Crippen LogP contribution is 2.62. The molecule has 0 aromatic carbocycles. The van der Waals surface area contributed by atoms with Crippen LogP contribution in [0.1, 0.15) is 104 Å². The van der Waals surface area contributed by atoms with Crippen LogP contribution in [-0.4, -0.2) is 93.4 Å². The first-order valence-corrected chi connectivity index (χ1v) is 21.5. The number of esters is 1. The summed E-state index contributed by atoms with van der Waals surface area (Å²) in [5.41, 5.74) is 5.31. The molecular weight excluding hydrogens is 695 g/mol. The Morgan fingerprint density at radius 1 is 1.09 bits per heavy atom. The number of ketones is 2. The molecule has 3 saturated carbocycles. The molecule has 2 saturated heterocycles. The highest BCUT2D eigenvalue weighted by Gasteiger charge is 2.87. The lowest BCUT2D eigenvalue weighted by Gasteiger charge is -2.46. The molecule has 0 radical (unpaired) electrons. The SMILES string of the molecule is CCNC1C=C2C=CCCC2CC1COC(=O)C12OC1(CC=C(C)C1(C(NC(N)=NC)C3CCNC(NCNC)C3)CCCC1)C(=O)C1CCCCC1C2=O. The van der Waals surface area contributed by atoms with Gasteiger partial charge in [-0.3, -0.25) is 19.9 Å². The number of piperidine rings is 1. The summed E-state index contributed by atoms with van der Waals surface area (Å²) in [6, 6.07) is 0.0838. The van der Waals surface area contributed by atoms with E-state index in [1.807, 2.05) is 7.05 Å². The summed E-state index contributed by atoms with van der Waals surface area (Å²) in [5, 5.41) is 17.6. The van der Waals surface area contributed by atoms with Crippen molar-refractivity contribution in [3.8, 4) is 0 Å². The predicted molar refractivity (Wildman–Crippen MR) is 214 cm³/mol. The van der Waals surface area contributed by atoms with E-state index in [1.165, 1.54) is 5.57 Å². The summed E-state index contributed by atoms with van der Waals surface area (Å²) in [7, 11) is 3.65. The fourth-order valence-corrected chi connectivity index (χ4v) is 11.7. The number of epoxide rings is 1. The minimum Gasteiger partial charge on any atom is -0.463 e. The lowest BCUT2D eigenvalue weighted by atomic mass is 9.60. The smallest absolute Gasteiger partial charge is 0.350 e. The van der Waals surface area contributed by atoms with Gasteiger partial charge in [-0.15, -0.1) is 0 Å². The molecule has 7 rings (SSSR count). The molecule has 0 spiro atoms. The zero-order valence-electron chi connectivity index (χ0n) is 33.7. The third-order valence-corrected chi connectivity index (χ3v) is 14.7. The van der Waals surface area contributed by atoms with Gasteiger partial charge in [0.05, 0.1) is 12.8 Å². The molecule has 5 aliphatic carbocycles. The second-order valence-electron chi connectivity index (χ2n) is 17.6. The first-order valence-electron chi connectivity index (χ1n) is 21.5. The Bertz CT molecular complexity index is 1570. The van der Waals surface area contributed by atoms with Crippen LogP contribution in [0.3, 0.4) is 0 Å². The van der Waals surface area contributed by atoms with E-state index in [4.69, 9.17) is 15.2 Å². The first kappa shape index (κ1) is 40.3. The van der Waals surface area contributed by atoms with E-state index in [9.17, 15) is 14.4 Å². The number of allylic oxidation sites excluding steroid dienone is 3. The van der Waals surface area contributed by atoms with E-state index >= 15 is 0 Å². The standard InChI is InChI=1S/C43H67N7O5/c1-5-47-34-23-29-13-7-6-12-28(29)22-31(34)25-54-39(53)43-38(52)33-15-9-8-14-32(33)37(51)42(43,55-43)20-16-27(2)41(18-10-11-19-41)36(50-40(44)46-4)30-17-21-48-35(24-30)49-26-45-3/h7,13,16,23,28,30-36,45,47-49H,5-6,8-12,14-15,17-22,24-26H2,1-4H3,(H3,44,46,50). The number of nitrogens with one attached hydrogen (secondary N) is 5. The molecule has 2 aliphatic heterocycles. The Balaban J connectivity index is 1.16. The number of carbonyl (C=O) groups excluding carboxylic acids is 3. The molecule has 5 fully saturated rings. The van der Waals surface area contributed by atoms with E-state index in [-0.39, 0.29) is 54.2 Å². The zero-order valence-corrected chi connectivity index (χ0v) is 33.7. The van der Waals surface area contributed by atoms with Crippen molar-refractivity contribution >= 4 is 23.5 Å². The Kier molecular flexibility index (Phi) is 12.4. The molecular formula is C43H67N7O5. The Labute approximate surface area is 328 Å². The third kappa shape index (κ3) is 7.39. The molecule has 7 N–H and O–H groups in total. The Hall–Kier alpha value is -2.90. The largest absolute Gasteiger partial charge is 0.463 e. The van der Waals surface area contributed by atoms with Gasteiger partial charge in [0, 0.05) is 55.4 Å². The number of guanidine groups is 1. The maximum absolute atomic E-state index is 14.7. The molecule has 12 nitrogen and oxygen atoms in total. The molecule has 10 unspecified atom stereocenters. The van der Waals surface area contributed by atoms with Gasteiger partial charge >= 0.3 is 5.97 Å². The summed E-state index contributed by atoms with van der Waals surface area (Å²) >= 11 is 0. The van der Waals surface area contributed by atoms with Crippen LogP contribution >= 0.6 is 0 Å². The van der Waals surface area contributed by atoms with Crippen LogP contribution in [0, 0.1) is 35.0 Å². The lowest BCUT2D eigenvalue weighted by molar-refractivity contribution is -0.160. The summed E-state index contributed by atoms with van der Waals surface area (Å²) < 4.78 is 12.6. The van der Waals surface area contributed by atoms with Crippen LogP contribution in [-0.2, 0) is 23.9 Å². The number of hydrogen-bond acceptors (Lipinski definition) is 10. The molecule has 7 aliphatic rings. The van der Waals surface area contributed by atoms with Gasteiger partial charge in [0.1, 0.15) is 0 Å². The second kappa shape index (κ2) is 16.9. The summed E-state index contributed by atoms with van der Waals surface area (Å²) in [6.07, 6.45) is 21.4. The normalized spacial score (nSPS) is 37.7. The fraction of sp³-hybridized carbons (Fsp3) is 0.767. The number of hydrogen-bond donors (Lipinski definition) is 6. The first-order chi connectivity index (χ1) is 26.6. The van der Waals surface area contributed by atoms with Crippen molar-refractivity contribution in [3.63, 3.8) is 0 Å². The van der Waals surface area contributed by atoms with Gasteiger partial charge in [-0.25, -0.2) is 4.79 Å². The van der Waals surface area contributed by atoms with Gasteiger partial charge in [-0.05, 0) is 102 Å². The maximum atomic E-state index is 14.7. The van der Waals surface area contributed by atoms with E-state index in [2.05, 4.69) is 69.7 Å². The van der Waals surface area contributed by atoms with Crippen molar-refractivity contribution in [1.29, 1.82) is 0 Å². The van der Waals surface area contributed by atoms with Gasteiger partial charge in [-0.1, -0.05) is 62.5 Å². The van der Waals surface area contributed by atoms with Gasteiger partial charge in [0.15, 0.2) is 23.1 Å². The molecule has 12 heteroatoms. The molecule has 10 atom stereocenters. The number of ether oxygens (including phenoxy) is 2. The van der Waals surface area contributed by atoms with Crippen molar-refractivity contribution in [3.05, 3.63) is 35.5 Å². The third-order valence-electron chi connectivity index (χ3n) is 14.7. The maximum Gasteiger partial charge on any atom is 0.350 e. The number of rotatable bonds is 14. The quantitative estimate of drug-likeness (QED) is 0.0290. The van der Waals surface area contributed by atoms with E-state index in [1.54, 1.807) is 7.05 Å². The fourth-order valence-electron chi connectivity index (χ4n) is 11.7. The average molecular weight is 762 g/mol. The monoisotopic (exact) mass is 762 g/mol. The highest BCUT2D eigenvalue weighted by atomic mass is 16.7.